The summed E-state index contributed by atoms with van der Waals surface area (Å²) in [6, 6.07) is 1.42. The maximum atomic E-state index is 11.4. The van der Waals surface area contributed by atoms with E-state index in [0.29, 0.717) is 9.17 Å². The average Bonchev–Trinajstić information content (AvgIpc) is 2.58. The molecular formula is C8H5ClN2O4S. The van der Waals surface area contributed by atoms with Gasteiger partial charge in [-0.15, -0.1) is 11.3 Å². The van der Waals surface area contributed by atoms with Gasteiger partial charge in [0, 0.05) is 0 Å². The highest BCUT2D eigenvalue weighted by molar-refractivity contribution is 7.22. The Bertz CT molecular complexity index is 633. The fraction of sp³-hybridized carbons (Fsp3) is 0. The van der Waals surface area contributed by atoms with Crippen molar-refractivity contribution >= 4 is 39.1 Å². The van der Waals surface area contributed by atoms with Crippen LogP contribution in [0.1, 0.15) is 10.4 Å². The van der Waals surface area contributed by atoms with Crippen LogP contribution in [0.25, 0.3) is 10.2 Å². The standard InChI is InChI=1S/C8H5ClN2O4S/c9-3-1-2-5(12)4(7(14)11-15)6(13)10-8(2)16-3/h1,15H,(H,11,14)(H2,10,12,13). The Hall–Kier alpha value is -1.57. The molecule has 4 N–H and O–H groups in total. The largest absolute Gasteiger partial charge is 0.506 e. The minimum absolute atomic E-state index is 0.258. The van der Waals surface area contributed by atoms with E-state index in [-0.39, 0.29) is 5.39 Å². The van der Waals surface area contributed by atoms with Crippen molar-refractivity contribution in [3.05, 3.63) is 26.3 Å². The van der Waals surface area contributed by atoms with Gasteiger partial charge in [0.2, 0.25) is 0 Å². The first-order chi connectivity index (χ1) is 7.54. The summed E-state index contributed by atoms with van der Waals surface area (Å²) in [5, 5.41) is 18.4. The van der Waals surface area contributed by atoms with Gasteiger partial charge in [-0.1, -0.05) is 11.6 Å². The monoisotopic (exact) mass is 260 g/mol. The third kappa shape index (κ3) is 1.54. The van der Waals surface area contributed by atoms with E-state index in [1.807, 2.05) is 0 Å². The predicted molar refractivity (Wildman–Crippen MR) is 58.4 cm³/mol. The number of hydrogen-bond acceptors (Lipinski definition) is 5. The molecule has 84 valence electrons. The molecule has 0 bridgehead atoms. The van der Waals surface area contributed by atoms with Crippen LogP contribution in [0.3, 0.4) is 0 Å². The maximum Gasteiger partial charge on any atom is 0.284 e. The van der Waals surface area contributed by atoms with E-state index < -0.39 is 22.8 Å². The van der Waals surface area contributed by atoms with Gasteiger partial charge in [-0.2, -0.15) is 0 Å². The van der Waals surface area contributed by atoms with Crippen LogP contribution in [-0.2, 0) is 0 Å². The molecule has 8 heteroatoms. The summed E-state index contributed by atoms with van der Waals surface area (Å²) in [7, 11) is 0. The summed E-state index contributed by atoms with van der Waals surface area (Å²) < 4.78 is 0.363. The third-order valence-electron chi connectivity index (χ3n) is 1.98. The molecule has 2 rings (SSSR count). The Morgan fingerprint density at radius 1 is 1.56 bits per heavy atom. The zero-order chi connectivity index (χ0) is 11.9. The number of aromatic hydroxyl groups is 1. The number of amides is 1. The number of thiophene rings is 1. The molecule has 0 fully saturated rings. The van der Waals surface area contributed by atoms with Crippen LogP contribution >= 0.6 is 22.9 Å². The van der Waals surface area contributed by atoms with E-state index in [1.54, 1.807) is 0 Å². The van der Waals surface area contributed by atoms with Crippen LogP contribution in [-0.4, -0.2) is 21.2 Å². The van der Waals surface area contributed by atoms with Crippen LogP contribution in [0.15, 0.2) is 10.9 Å². The van der Waals surface area contributed by atoms with Crippen molar-refractivity contribution in [2.75, 3.05) is 0 Å². The fourth-order valence-electron chi connectivity index (χ4n) is 1.30. The number of pyridine rings is 1. The lowest BCUT2D eigenvalue weighted by Gasteiger charge is -2.01. The highest BCUT2D eigenvalue weighted by atomic mass is 35.5. The summed E-state index contributed by atoms with van der Waals surface area (Å²) in [6.45, 7) is 0. The second-order valence-electron chi connectivity index (χ2n) is 2.91. The number of halogens is 1. The first-order valence-electron chi connectivity index (χ1n) is 4.03. The van der Waals surface area contributed by atoms with Gasteiger partial charge in [0.25, 0.3) is 11.5 Å². The molecule has 2 aromatic heterocycles. The van der Waals surface area contributed by atoms with Gasteiger partial charge in [-0.05, 0) is 6.07 Å². The van der Waals surface area contributed by atoms with Crippen LogP contribution in [0.2, 0.25) is 4.34 Å². The van der Waals surface area contributed by atoms with E-state index in [0.717, 1.165) is 11.3 Å². The molecule has 2 heterocycles. The number of aromatic nitrogens is 1. The first kappa shape index (κ1) is 10.9. The Morgan fingerprint density at radius 3 is 2.88 bits per heavy atom. The second-order valence-corrected chi connectivity index (χ2v) is 4.60. The van der Waals surface area contributed by atoms with E-state index in [9.17, 15) is 14.7 Å². The zero-order valence-corrected chi connectivity index (χ0v) is 9.15. The minimum atomic E-state index is -1.08. The van der Waals surface area contributed by atoms with Gasteiger partial charge in [0.15, 0.2) is 0 Å². The van der Waals surface area contributed by atoms with Crippen molar-refractivity contribution in [2.24, 2.45) is 0 Å². The van der Waals surface area contributed by atoms with Gasteiger partial charge in [0.05, 0.1) is 9.72 Å². The molecule has 0 unspecified atom stereocenters. The third-order valence-corrected chi connectivity index (χ3v) is 3.16. The van der Waals surface area contributed by atoms with Crippen molar-refractivity contribution < 1.29 is 15.1 Å². The average molecular weight is 261 g/mol. The Balaban J connectivity index is 2.85. The highest BCUT2D eigenvalue weighted by Crippen LogP contribution is 2.33. The molecule has 2 aromatic rings. The van der Waals surface area contributed by atoms with Crippen molar-refractivity contribution in [1.82, 2.24) is 10.5 Å². The number of rotatable bonds is 1. The van der Waals surface area contributed by atoms with Gasteiger partial charge in [-0.3, -0.25) is 14.8 Å². The summed E-state index contributed by atoms with van der Waals surface area (Å²) >= 11 is 6.77. The predicted octanol–water partition coefficient (Wildman–Crippen LogP) is 1.07. The molecule has 0 aromatic carbocycles. The second kappa shape index (κ2) is 3.78. The first-order valence-corrected chi connectivity index (χ1v) is 5.22. The summed E-state index contributed by atoms with van der Waals surface area (Å²) in [5.41, 5.74) is -0.0618. The molecule has 0 aliphatic heterocycles. The molecule has 0 spiro atoms. The van der Waals surface area contributed by atoms with E-state index in [1.165, 1.54) is 11.5 Å². The minimum Gasteiger partial charge on any atom is -0.506 e. The quantitative estimate of drug-likeness (QED) is 0.455. The van der Waals surface area contributed by atoms with E-state index >= 15 is 0 Å². The summed E-state index contributed by atoms with van der Waals surface area (Å²) in [5.74, 6) is -1.59. The molecular weight excluding hydrogens is 256 g/mol. The van der Waals surface area contributed by atoms with E-state index in [4.69, 9.17) is 16.8 Å². The van der Waals surface area contributed by atoms with Crippen molar-refractivity contribution in [1.29, 1.82) is 0 Å². The van der Waals surface area contributed by atoms with Crippen molar-refractivity contribution in [3.63, 3.8) is 0 Å². The fourth-order valence-corrected chi connectivity index (χ4v) is 2.43. The van der Waals surface area contributed by atoms with Crippen LogP contribution in [0.5, 0.6) is 5.75 Å². The highest BCUT2D eigenvalue weighted by Gasteiger charge is 2.19. The zero-order valence-electron chi connectivity index (χ0n) is 7.57. The van der Waals surface area contributed by atoms with Gasteiger partial charge in [-0.25, -0.2) is 5.48 Å². The van der Waals surface area contributed by atoms with Gasteiger partial charge >= 0.3 is 0 Å². The number of carbonyl (C=O) groups is 1. The number of nitrogens with one attached hydrogen (secondary N) is 2. The SMILES string of the molecule is O=C(NO)c1c(O)c2cc(Cl)sc2[nH]c1=O. The van der Waals surface area contributed by atoms with Gasteiger partial charge in [0.1, 0.15) is 16.1 Å². The Morgan fingerprint density at radius 2 is 2.25 bits per heavy atom. The Kier molecular flexibility index (Phi) is 2.58. The molecule has 0 aliphatic carbocycles. The Labute approximate surface area is 97.1 Å². The number of carbonyl (C=O) groups excluding carboxylic acids is 1. The van der Waals surface area contributed by atoms with Gasteiger partial charge < -0.3 is 10.1 Å². The molecule has 0 saturated heterocycles. The lowest BCUT2D eigenvalue weighted by molar-refractivity contribution is 0.0702. The normalized spacial score (nSPS) is 10.6. The maximum absolute atomic E-state index is 11.4. The molecule has 0 radical (unpaired) electrons. The smallest absolute Gasteiger partial charge is 0.284 e. The number of H-pyrrole nitrogens is 1. The molecule has 16 heavy (non-hydrogen) atoms. The molecule has 0 aliphatic rings. The summed E-state index contributed by atoms with van der Waals surface area (Å²) in [4.78, 5) is 25.3. The lowest BCUT2D eigenvalue weighted by Crippen LogP contribution is -2.27. The summed E-state index contributed by atoms with van der Waals surface area (Å²) in [6.07, 6.45) is 0. The van der Waals surface area contributed by atoms with Crippen LogP contribution in [0, 0.1) is 0 Å². The molecule has 0 saturated carbocycles. The molecule has 6 nitrogen and oxygen atoms in total. The van der Waals surface area contributed by atoms with E-state index in [2.05, 4.69) is 4.98 Å². The van der Waals surface area contributed by atoms with Crippen molar-refractivity contribution in [3.8, 4) is 5.75 Å². The lowest BCUT2D eigenvalue weighted by atomic mass is 10.2. The van der Waals surface area contributed by atoms with Crippen LogP contribution in [0.4, 0.5) is 0 Å². The molecule has 0 atom stereocenters. The number of hydroxylamine groups is 1. The van der Waals surface area contributed by atoms with Crippen LogP contribution < -0.4 is 11.0 Å². The van der Waals surface area contributed by atoms with Crippen molar-refractivity contribution in [2.45, 2.75) is 0 Å². The molecule has 1 amide bonds. The number of hydrogen-bond donors (Lipinski definition) is 4. The topological polar surface area (TPSA) is 102 Å². The number of aromatic amines is 1. The number of fused-ring (bicyclic) bond motifs is 1.